The van der Waals surface area contributed by atoms with Gasteiger partial charge in [0.2, 0.25) is 0 Å². The van der Waals surface area contributed by atoms with Gasteiger partial charge >= 0.3 is 0 Å². The van der Waals surface area contributed by atoms with Crippen LogP contribution in [0.25, 0.3) is 28.2 Å². The number of aromatic nitrogens is 3. The van der Waals surface area contributed by atoms with Crippen molar-refractivity contribution in [1.82, 2.24) is 14.6 Å². The number of halogens is 1. The lowest BCUT2D eigenvalue weighted by atomic mass is 10.1. The first-order valence-electron chi connectivity index (χ1n) is 7.92. The summed E-state index contributed by atoms with van der Waals surface area (Å²) in [5.74, 6) is 0.823. The Kier molecular flexibility index (Phi) is 3.90. The molecule has 0 aliphatic rings. The van der Waals surface area contributed by atoms with Crippen LogP contribution in [0.3, 0.4) is 0 Å². The van der Waals surface area contributed by atoms with Crippen LogP contribution in [0.2, 0.25) is 5.02 Å². The van der Waals surface area contributed by atoms with E-state index in [-0.39, 0.29) is 0 Å². The van der Waals surface area contributed by atoms with Crippen molar-refractivity contribution in [3.63, 3.8) is 0 Å². The lowest BCUT2D eigenvalue weighted by Gasteiger charge is -2.06. The van der Waals surface area contributed by atoms with Crippen LogP contribution in [0.5, 0.6) is 5.75 Å². The van der Waals surface area contributed by atoms with Gasteiger partial charge in [0, 0.05) is 27.9 Å². The van der Waals surface area contributed by atoms with Gasteiger partial charge in [-0.2, -0.15) is 5.10 Å². The summed E-state index contributed by atoms with van der Waals surface area (Å²) in [7, 11) is 1.66. The van der Waals surface area contributed by atoms with Gasteiger partial charge in [0.25, 0.3) is 0 Å². The Labute approximate surface area is 150 Å². The number of benzene rings is 2. The molecular weight excluding hydrogens is 334 g/mol. The Morgan fingerprint density at radius 3 is 2.28 bits per heavy atom. The topological polar surface area (TPSA) is 39.4 Å². The predicted molar refractivity (Wildman–Crippen MR) is 100 cm³/mol. The Balaban J connectivity index is 1.87. The van der Waals surface area contributed by atoms with E-state index < -0.39 is 0 Å². The van der Waals surface area contributed by atoms with Gasteiger partial charge in [0.05, 0.1) is 18.5 Å². The van der Waals surface area contributed by atoms with E-state index in [4.69, 9.17) is 21.4 Å². The molecule has 0 aliphatic heterocycles. The first-order valence-corrected chi connectivity index (χ1v) is 8.29. The second-order valence-corrected chi connectivity index (χ2v) is 6.25. The van der Waals surface area contributed by atoms with Crippen LogP contribution in [-0.4, -0.2) is 21.7 Å². The van der Waals surface area contributed by atoms with E-state index in [1.54, 1.807) is 7.11 Å². The third-order valence-electron chi connectivity index (χ3n) is 4.08. The standard InChI is InChI=1S/C20H16ClN3O/c1-13-11-19(15-3-7-16(21)8-4-15)24-20(22-13)12-18(23-24)14-5-9-17(25-2)10-6-14/h3-12H,1-2H3. The maximum absolute atomic E-state index is 6.01. The number of hydrogen-bond donors (Lipinski definition) is 0. The van der Waals surface area contributed by atoms with Gasteiger partial charge in [-0.3, -0.25) is 0 Å². The van der Waals surface area contributed by atoms with E-state index in [1.807, 2.05) is 72.1 Å². The number of rotatable bonds is 3. The molecular formula is C20H16ClN3O. The Morgan fingerprint density at radius 1 is 0.920 bits per heavy atom. The molecule has 2 aromatic heterocycles. The molecule has 2 aromatic carbocycles. The fraction of sp³-hybridized carbons (Fsp3) is 0.100. The summed E-state index contributed by atoms with van der Waals surface area (Å²) in [6, 6.07) is 19.6. The van der Waals surface area contributed by atoms with E-state index in [0.29, 0.717) is 5.02 Å². The number of fused-ring (bicyclic) bond motifs is 1. The van der Waals surface area contributed by atoms with Gasteiger partial charge in [0.15, 0.2) is 5.65 Å². The number of methoxy groups -OCH3 is 1. The highest BCUT2D eigenvalue weighted by atomic mass is 35.5. The van der Waals surface area contributed by atoms with Gasteiger partial charge < -0.3 is 4.74 Å². The summed E-state index contributed by atoms with van der Waals surface area (Å²) < 4.78 is 7.09. The van der Waals surface area contributed by atoms with E-state index in [2.05, 4.69) is 4.98 Å². The molecule has 0 bridgehead atoms. The summed E-state index contributed by atoms with van der Waals surface area (Å²) in [6.07, 6.45) is 0. The molecule has 4 rings (SSSR count). The van der Waals surface area contributed by atoms with Crippen molar-refractivity contribution in [3.05, 3.63) is 71.4 Å². The molecule has 0 unspecified atom stereocenters. The number of ether oxygens (including phenoxy) is 1. The van der Waals surface area contributed by atoms with E-state index >= 15 is 0 Å². The lowest BCUT2D eigenvalue weighted by Crippen LogP contribution is -1.98. The van der Waals surface area contributed by atoms with Crippen LogP contribution in [0.15, 0.2) is 60.7 Å². The summed E-state index contributed by atoms with van der Waals surface area (Å²) in [6.45, 7) is 1.99. The molecule has 0 saturated carbocycles. The zero-order valence-corrected chi connectivity index (χ0v) is 14.7. The van der Waals surface area contributed by atoms with E-state index in [0.717, 1.165) is 39.6 Å². The largest absolute Gasteiger partial charge is 0.497 e. The van der Waals surface area contributed by atoms with Gasteiger partial charge in [0.1, 0.15) is 5.75 Å². The highest BCUT2D eigenvalue weighted by Crippen LogP contribution is 2.27. The molecule has 25 heavy (non-hydrogen) atoms. The normalized spacial score (nSPS) is 11.0. The van der Waals surface area contributed by atoms with E-state index in [1.165, 1.54) is 0 Å². The maximum Gasteiger partial charge on any atom is 0.156 e. The van der Waals surface area contributed by atoms with Crippen LogP contribution >= 0.6 is 11.6 Å². The average Bonchev–Trinajstić information content (AvgIpc) is 3.05. The van der Waals surface area contributed by atoms with Crippen molar-refractivity contribution in [2.24, 2.45) is 0 Å². The molecule has 2 heterocycles. The Bertz CT molecular complexity index is 1040. The molecule has 4 nitrogen and oxygen atoms in total. The minimum absolute atomic E-state index is 0.713. The average molecular weight is 350 g/mol. The van der Waals surface area contributed by atoms with Crippen molar-refractivity contribution in [1.29, 1.82) is 0 Å². The van der Waals surface area contributed by atoms with Gasteiger partial charge in [-0.1, -0.05) is 23.7 Å². The zero-order chi connectivity index (χ0) is 17.4. The first kappa shape index (κ1) is 15.7. The summed E-state index contributed by atoms with van der Waals surface area (Å²) in [5, 5.41) is 5.47. The van der Waals surface area contributed by atoms with E-state index in [9.17, 15) is 0 Å². The van der Waals surface area contributed by atoms with Crippen molar-refractivity contribution in [2.75, 3.05) is 7.11 Å². The molecule has 0 saturated heterocycles. The summed E-state index contributed by atoms with van der Waals surface area (Å²) >= 11 is 6.01. The van der Waals surface area contributed by atoms with Crippen molar-refractivity contribution < 1.29 is 4.74 Å². The fourth-order valence-electron chi connectivity index (χ4n) is 2.83. The molecule has 0 fully saturated rings. The molecule has 0 atom stereocenters. The Morgan fingerprint density at radius 2 is 1.60 bits per heavy atom. The zero-order valence-electron chi connectivity index (χ0n) is 13.9. The van der Waals surface area contributed by atoms with Crippen LogP contribution in [0.4, 0.5) is 0 Å². The third-order valence-corrected chi connectivity index (χ3v) is 4.33. The first-order chi connectivity index (χ1) is 12.1. The SMILES string of the molecule is COc1ccc(-c2cc3nc(C)cc(-c4ccc(Cl)cc4)n3n2)cc1. The van der Waals surface area contributed by atoms with Crippen molar-refractivity contribution in [2.45, 2.75) is 6.92 Å². The summed E-state index contributed by atoms with van der Waals surface area (Å²) in [5.41, 5.74) is 5.68. The second kappa shape index (κ2) is 6.22. The van der Waals surface area contributed by atoms with Crippen LogP contribution in [0.1, 0.15) is 5.69 Å². The number of aryl methyl sites for hydroxylation is 1. The Hall–Kier alpha value is -2.85. The molecule has 5 heteroatoms. The molecule has 0 aliphatic carbocycles. The van der Waals surface area contributed by atoms with Gasteiger partial charge in [-0.15, -0.1) is 0 Å². The van der Waals surface area contributed by atoms with Gasteiger partial charge in [-0.25, -0.2) is 9.50 Å². The molecule has 0 N–H and O–H groups in total. The molecule has 0 spiro atoms. The van der Waals surface area contributed by atoms with Crippen LogP contribution < -0.4 is 4.74 Å². The predicted octanol–water partition coefficient (Wildman–Crippen LogP) is 5.03. The monoisotopic (exact) mass is 349 g/mol. The molecule has 0 amide bonds. The van der Waals surface area contributed by atoms with Crippen LogP contribution in [0, 0.1) is 6.92 Å². The lowest BCUT2D eigenvalue weighted by molar-refractivity contribution is 0.415. The third kappa shape index (κ3) is 2.96. The minimum atomic E-state index is 0.713. The smallest absolute Gasteiger partial charge is 0.156 e. The number of hydrogen-bond acceptors (Lipinski definition) is 3. The van der Waals surface area contributed by atoms with Crippen molar-refractivity contribution in [3.8, 4) is 28.3 Å². The molecule has 124 valence electrons. The molecule has 4 aromatic rings. The molecule has 0 radical (unpaired) electrons. The fourth-order valence-corrected chi connectivity index (χ4v) is 2.96. The highest BCUT2D eigenvalue weighted by Gasteiger charge is 2.11. The van der Waals surface area contributed by atoms with Crippen molar-refractivity contribution >= 4 is 17.2 Å². The maximum atomic E-state index is 6.01. The summed E-state index contributed by atoms with van der Waals surface area (Å²) in [4.78, 5) is 4.61. The number of nitrogens with zero attached hydrogens (tertiary/aromatic N) is 3. The second-order valence-electron chi connectivity index (χ2n) is 5.82. The minimum Gasteiger partial charge on any atom is -0.497 e. The van der Waals surface area contributed by atoms with Gasteiger partial charge in [-0.05, 0) is 49.4 Å². The quantitative estimate of drug-likeness (QED) is 0.520. The highest BCUT2D eigenvalue weighted by molar-refractivity contribution is 6.30. The van der Waals surface area contributed by atoms with Crippen LogP contribution in [-0.2, 0) is 0 Å².